The molecule has 2 aromatic rings. The molecule has 108 valence electrons. The number of nitrogens with zero attached hydrogens (tertiary/aromatic N) is 1. The highest BCUT2D eigenvalue weighted by Crippen LogP contribution is 2.22. The Morgan fingerprint density at radius 2 is 2.10 bits per heavy atom. The number of aromatic amines is 1. The van der Waals surface area contributed by atoms with Crippen LogP contribution < -0.4 is 0 Å². The number of amides is 1. The molecule has 1 heterocycles. The number of benzene rings is 1. The number of carbonyl (C=O) groups excluding carboxylic acids is 1. The van der Waals surface area contributed by atoms with Crippen LogP contribution >= 0.6 is 0 Å². The second-order valence-electron chi connectivity index (χ2n) is 5.40. The summed E-state index contributed by atoms with van der Waals surface area (Å²) in [6.07, 6.45) is 0.626. The molecule has 0 radical (unpaired) electrons. The summed E-state index contributed by atoms with van der Waals surface area (Å²) in [5, 5.41) is 10.4. The SMILES string of the molecule is Cc1[nH]c2ccccc2c1CC(=O)N(C)CCC(C)O. The third kappa shape index (κ3) is 3.20. The molecule has 2 rings (SSSR count). The van der Waals surface area contributed by atoms with Crippen LogP contribution in [-0.4, -0.2) is 40.6 Å². The molecule has 1 unspecified atom stereocenters. The molecule has 0 fully saturated rings. The second kappa shape index (κ2) is 6.09. The molecule has 2 N–H and O–H groups in total. The molecule has 20 heavy (non-hydrogen) atoms. The van der Waals surface area contributed by atoms with Gasteiger partial charge in [0.2, 0.25) is 5.91 Å². The van der Waals surface area contributed by atoms with Gasteiger partial charge in [-0.1, -0.05) is 18.2 Å². The highest BCUT2D eigenvalue weighted by Gasteiger charge is 2.15. The monoisotopic (exact) mass is 274 g/mol. The van der Waals surface area contributed by atoms with Crippen LogP contribution in [0.5, 0.6) is 0 Å². The number of H-pyrrole nitrogens is 1. The maximum Gasteiger partial charge on any atom is 0.226 e. The number of aliphatic hydroxyl groups is 1. The molecule has 1 aromatic heterocycles. The van der Waals surface area contributed by atoms with Gasteiger partial charge in [-0.05, 0) is 31.9 Å². The number of nitrogens with one attached hydrogen (secondary N) is 1. The number of likely N-dealkylation sites (N-methyl/N-ethyl adjacent to an activating group) is 1. The van der Waals surface area contributed by atoms with Crippen molar-refractivity contribution in [2.45, 2.75) is 32.8 Å². The highest BCUT2D eigenvalue weighted by atomic mass is 16.3. The fraction of sp³-hybridized carbons (Fsp3) is 0.438. The highest BCUT2D eigenvalue weighted by molar-refractivity contribution is 5.90. The van der Waals surface area contributed by atoms with E-state index in [-0.39, 0.29) is 12.0 Å². The van der Waals surface area contributed by atoms with E-state index in [1.807, 2.05) is 31.2 Å². The van der Waals surface area contributed by atoms with Crippen LogP contribution in [-0.2, 0) is 11.2 Å². The van der Waals surface area contributed by atoms with Crippen molar-refractivity contribution >= 4 is 16.8 Å². The quantitative estimate of drug-likeness (QED) is 0.878. The minimum Gasteiger partial charge on any atom is -0.393 e. The number of rotatable bonds is 5. The molecule has 0 bridgehead atoms. The molecule has 0 aliphatic rings. The Hall–Kier alpha value is -1.81. The van der Waals surface area contributed by atoms with E-state index in [1.54, 1.807) is 18.9 Å². The van der Waals surface area contributed by atoms with Crippen molar-refractivity contribution in [3.8, 4) is 0 Å². The number of hydrogen-bond donors (Lipinski definition) is 2. The summed E-state index contributed by atoms with van der Waals surface area (Å²) in [5.41, 5.74) is 3.18. The number of para-hydroxylation sites is 1. The van der Waals surface area contributed by atoms with Crippen LogP contribution in [0.2, 0.25) is 0 Å². The number of hydrogen-bond acceptors (Lipinski definition) is 2. The lowest BCUT2D eigenvalue weighted by Crippen LogP contribution is -2.30. The molecule has 1 aromatic carbocycles. The molecule has 4 heteroatoms. The summed E-state index contributed by atoms with van der Waals surface area (Å²) >= 11 is 0. The van der Waals surface area contributed by atoms with Crippen LogP contribution in [0, 0.1) is 6.92 Å². The van der Waals surface area contributed by atoms with Gasteiger partial charge >= 0.3 is 0 Å². The Kier molecular flexibility index (Phi) is 4.45. The topological polar surface area (TPSA) is 56.3 Å². The summed E-state index contributed by atoms with van der Waals surface area (Å²) in [7, 11) is 1.79. The zero-order valence-electron chi connectivity index (χ0n) is 12.3. The van der Waals surface area contributed by atoms with Crippen molar-refractivity contribution in [3.63, 3.8) is 0 Å². The van der Waals surface area contributed by atoms with Crippen molar-refractivity contribution in [2.75, 3.05) is 13.6 Å². The Balaban J connectivity index is 2.11. The predicted molar refractivity (Wildman–Crippen MR) is 80.7 cm³/mol. The van der Waals surface area contributed by atoms with Crippen molar-refractivity contribution < 1.29 is 9.90 Å². The standard InChI is InChI=1S/C16H22N2O2/c1-11(19)8-9-18(3)16(20)10-14-12(2)17-15-7-5-4-6-13(14)15/h4-7,11,17,19H,8-10H2,1-3H3. The summed E-state index contributed by atoms with van der Waals surface area (Å²) in [4.78, 5) is 17.2. The average molecular weight is 274 g/mol. The Labute approximate surface area is 119 Å². The number of aliphatic hydroxyl groups excluding tert-OH is 1. The lowest BCUT2D eigenvalue weighted by atomic mass is 10.1. The molecule has 0 aliphatic heterocycles. The molecule has 0 saturated heterocycles. The van der Waals surface area contributed by atoms with E-state index in [1.165, 1.54) is 0 Å². The van der Waals surface area contributed by atoms with Crippen molar-refractivity contribution in [3.05, 3.63) is 35.5 Å². The molecular weight excluding hydrogens is 252 g/mol. The van der Waals surface area contributed by atoms with Crippen molar-refractivity contribution in [1.82, 2.24) is 9.88 Å². The lowest BCUT2D eigenvalue weighted by Gasteiger charge is -2.18. The van der Waals surface area contributed by atoms with Gasteiger partial charge in [-0.15, -0.1) is 0 Å². The fourth-order valence-electron chi connectivity index (χ4n) is 2.35. The Morgan fingerprint density at radius 1 is 1.40 bits per heavy atom. The molecule has 1 atom stereocenters. The third-order valence-corrected chi connectivity index (χ3v) is 3.66. The first-order valence-electron chi connectivity index (χ1n) is 6.97. The van der Waals surface area contributed by atoms with E-state index in [0.29, 0.717) is 19.4 Å². The molecular formula is C16H22N2O2. The first kappa shape index (κ1) is 14.6. The van der Waals surface area contributed by atoms with Crippen LogP contribution in [0.25, 0.3) is 10.9 Å². The van der Waals surface area contributed by atoms with Gasteiger partial charge < -0.3 is 15.0 Å². The molecule has 0 aliphatic carbocycles. The Bertz CT molecular complexity index is 602. The molecule has 0 saturated carbocycles. The summed E-state index contributed by atoms with van der Waals surface area (Å²) in [6.45, 7) is 4.32. The number of aromatic nitrogens is 1. The zero-order chi connectivity index (χ0) is 14.7. The first-order valence-corrected chi connectivity index (χ1v) is 6.97. The van der Waals surface area contributed by atoms with Crippen molar-refractivity contribution in [1.29, 1.82) is 0 Å². The second-order valence-corrected chi connectivity index (χ2v) is 5.40. The van der Waals surface area contributed by atoms with E-state index >= 15 is 0 Å². The number of aryl methyl sites for hydroxylation is 1. The minimum atomic E-state index is -0.375. The molecule has 4 nitrogen and oxygen atoms in total. The predicted octanol–water partition coefficient (Wildman–Crippen LogP) is 2.25. The van der Waals surface area contributed by atoms with E-state index in [2.05, 4.69) is 4.98 Å². The number of fused-ring (bicyclic) bond motifs is 1. The van der Waals surface area contributed by atoms with Gasteiger partial charge in [0.1, 0.15) is 0 Å². The normalized spacial score (nSPS) is 12.6. The van der Waals surface area contributed by atoms with Gasteiger partial charge in [0.15, 0.2) is 0 Å². The largest absolute Gasteiger partial charge is 0.393 e. The fourth-order valence-corrected chi connectivity index (χ4v) is 2.35. The lowest BCUT2D eigenvalue weighted by molar-refractivity contribution is -0.129. The van der Waals surface area contributed by atoms with E-state index in [4.69, 9.17) is 0 Å². The molecule has 1 amide bonds. The first-order chi connectivity index (χ1) is 9.49. The maximum atomic E-state index is 12.2. The van der Waals surface area contributed by atoms with Gasteiger partial charge in [-0.25, -0.2) is 0 Å². The van der Waals surface area contributed by atoms with Crippen LogP contribution in [0.15, 0.2) is 24.3 Å². The molecule has 0 spiro atoms. The van der Waals surface area contributed by atoms with Gasteiger partial charge in [0, 0.05) is 30.2 Å². The van der Waals surface area contributed by atoms with Crippen LogP contribution in [0.1, 0.15) is 24.6 Å². The summed E-state index contributed by atoms with van der Waals surface area (Å²) < 4.78 is 0. The number of carbonyl (C=O) groups is 1. The third-order valence-electron chi connectivity index (χ3n) is 3.66. The van der Waals surface area contributed by atoms with Gasteiger partial charge in [-0.3, -0.25) is 4.79 Å². The Morgan fingerprint density at radius 3 is 2.80 bits per heavy atom. The van der Waals surface area contributed by atoms with E-state index in [9.17, 15) is 9.90 Å². The van der Waals surface area contributed by atoms with Gasteiger partial charge in [0.05, 0.1) is 12.5 Å². The van der Waals surface area contributed by atoms with E-state index < -0.39 is 0 Å². The maximum absolute atomic E-state index is 12.2. The minimum absolute atomic E-state index is 0.0819. The summed E-state index contributed by atoms with van der Waals surface area (Å²) in [6, 6.07) is 8.03. The van der Waals surface area contributed by atoms with Crippen molar-refractivity contribution in [2.24, 2.45) is 0 Å². The smallest absolute Gasteiger partial charge is 0.226 e. The zero-order valence-corrected chi connectivity index (χ0v) is 12.3. The van der Waals surface area contributed by atoms with Crippen LogP contribution in [0.4, 0.5) is 0 Å². The van der Waals surface area contributed by atoms with Crippen LogP contribution in [0.3, 0.4) is 0 Å². The average Bonchev–Trinajstić information content (AvgIpc) is 2.72. The summed E-state index contributed by atoms with van der Waals surface area (Å²) in [5.74, 6) is 0.0819. The van der Waals surface area contributed by atoms with Gasteiger partial charge in [-0.2, -0.15) is 0 Å². The van der Waals surface area contributed by atoms with Gasteiger partial charge in [0.25, 0.3) is 0 Å². The van der Waals surface area contributed by atoms with E-state index in [0.717, 1.165) is 22.2 Å².